The van der Waals surface area contributed by atoms with E-state index in [-0.39, 0.29) is 0 Å². The Bertz CT molecular complexity index is 642. The van der Waals surface area contributed by atoms with E-state index in [9.17, 15) is 0 Å². The average molecular weight is 271 g/mol. The van der Waals surface area contributed by atoms with Crippen LogP contribution >= 0.6 is 11.3 Å². The van der Waals surface area contributed by atoms with Gasteiger partial charge >= 0.3 is 0 Å². The molecule has 6 heteroatoms. The number of aromatic nitrogens is 4. The molecule has 1 aromatic carbocycles. The highest BCUT2D eigenvalue weighted by Crippen LogP contribution is 2.14. The van der Waals surface area contributed by atoms with Crippen LogP contribution in [0.5, 0.6) is 0 Å². The quantitative estimate of drug-likeness (QED) is 0.792. The third-order valence-corrected chi connectivity index (χ3v) is 3.51. The van der Waals surface area contributed by atoms with Gasteiger partial charge < -0.3 is 5.32 Å². The summed E-state index contributed by atoms with van der Waals surface area (Å²) in [6.45, 7) is 2.76. The van der Waals surface area contributed by atoms with Crippen molar-refractivity contribution in [3.63, 3.8) is 0 Å². The fraction of sp³-hybridized carbons (Fsp3) is 0.154. The molecule has 1 N–H and O–H groups in total. The Labute approximate surface area is 115 Å². The van der Waals surface area contributed by atoms with Crippen LogP contribution in [0.4, 0.5) is 5.69 Å². The van der Waals surface area contributed by atoms with E-state index in [0.717, 1.165) is 28.6 Å². The predicted molar refractivity (Wildman–Crippen MR) is 75.5 cm³/mol. The second-order valence-electron chi connectivity index (χ2n) is 4.10. The summed E-state index contributed by atoms with van der Waals surface area (Å²) in [4.78, 5) is 8.35. The van der Waals surface area contributed by atoms with Gasteiger partial charge in [0.2, 0.25) is 0 Å². The maximum atomic E-state index is 4.42. The van der Waals surface area contributed by atoms with Gasteiger partial charge in [-0.15, -0.1) is 11.3 Å². The molecule has 2 heterocycles. The molecule has 0 saturated carbocycles. The summed E-state index contributed by atoms with van der Waals surface area (Å²) in [5, 5.41) is 10.6. The van der Waals surface area contributed by atoms with Gasteiger partial charge in [-0.2, -0.15) is 5.10 Å². The van der Waals surface area contributed by atoms with Crippen molar-refractivity contribution in [2.75, 3.05) is 5.32 Å². The molecule has 0 amide bonds. The zero-order chi connectivity index (χ0) is 13.1. The standard InChI is InChI=1S/C13H13N5S/c1-10-17-12(7-19-10)6-15-11-2-4-13(5-3-11)18-9-14-8-16-18/h2-5,7-9,15H,6H2,1H3. The first-order chi connectivity index (χ1) is 9.31. The topological polar surface area (TPSA) is 55.6 Å². The molecule has 19 heavy (non-hydrogen) atoms. The van der Waals surface area contributed by atoms with E-state index in [2.05, 4.69) is 25.8 Å². The van der Waals surface area contributed by atoms with Crippen LogP contribution in [0, 0.1) is 6.92 Å². The SMILES string of the molecule is Cc1nc(CNc2ccc(-n3cncn3)cc2)cs1. The van der Waals surface area contributed by atoms with Gasteiger partial charge in [0.15, 0.2) is 0 Å². The van der Waals surface area contributed by atoms with E-state index in [1.807, 2.05) is 31.2 Å². The van der Waals surface area contributed by atoms with Crippen LogP contribution < -0.4 is 5.32 Å². The monoisotopic (exact) mass is 271 g/mol. The molecule has 0 saturated heterocycles. The predicted octanol–water partition coefficient (Wildman–Crippen LogP) is 2.64. The minimum absolute atomic E-state index is 0.743. The first-order valence-corrected chi connectivity index (χ1v) is 6.79. The molecular weight excluding hydrogens is 258 g/mol. The van der Waals surface area contributed by atoms with E-state index in [1.165, 1.54) is 6.33 Å². The molecule has 0 aliphatic heterocycles. The van der Waals surface area contributed by atoms with Crippen molar-refractivity contribution < 1.29 is 0 Å². The van der Waals surface area contributed by atoms with Gasteiger partial charge in [0.05, 0.1) is 22.9 Å². The fourth-order valence-corrected chi connectivity index (χ4v) is 2.37. The van der Waals surface area contributed by atoms with Gasteiger partial charge in [-0.25, -0.2) is 14.6 Å². The summed E-state index contributed by atoms with van der Waals surface area (Å²) < 4.78 is 1.73. The lowest BCUT2D eigenvalue weighted by Crippen LogP contribution is -2.00. The average Bonchev–Trinajstić information content (AvgIpc) is 3.08. The van der Waals surface area contributed by atoms with Crippen LogP contribution in [0.2, 0.25) is 0 Å². The van der Waals surface area contributed by atoms with Crippen molar-refractivity contribution in [3.8, 4) is 5.69 Å². The van der Waals surface area contributed by atoms with Gasteiger partial charge in [0, 0.05) is 11.1 Å². The Morgan fingerprint density at radius 2 is 2.11 bits per heavy atom. The molecule has 2 aromatic heterocycles. The number of hydrogen-bond donors (Lipinski definition) is 1. The molecule has 0 radical (unpaired) electrons. The molecule has 0 fully saturated rings. The largest absolute Gasteiger partial charge is 0.379 e. The number of benzene rings is 1. The Hall–Kier alpha value is -2.21. The second-order valence-corrected chi connectivity index (χ2v) is 5.16. The molecule has 3 aromatic rings. The highest BCUT2D eigenvalue weighted by molar-refractivity contribution is 7.09. The van der Waals surface area contributed by atoms with E-state index >= 15 is 0 Å². The minimum Gasteiger partial charge on any atom is -0.379 e. The molecule has 0 spiro atoms. The molecule has 0 aliphatic rings. The number of anilines is 1. The Morgan fingerprint density at radius 3 is 2.74 bits per heavy atom. The Morgan fingerprint density at radius 1 is 1.26 bits per heavy atom. The summed E-state index contributed by atoms with van der Waals surface area (Å²) in [6, 6.07) is 8.05. The van der Waals surface area contributed by atoms with Crippen LogP contribution in [-0.4, -0.2) is 19.7 Å². The third kappa shape index (κ3) is 2.79. The maximum Gasteiger partial charge on any atom is 0.138 e. The summed E-state index contributed by atoms with van der Waals surface area (Å²) in [5.74, 6) is 0. The van der Waals surface area contributed by atoms with Crippen molar-refractivity contribution in [1.82, 2.24) is 19.7 Å². The molecule has 0 unspecified atom stereocenters. The molecule has 5 nitrogen and oxygen atoms in total. The molecule has 0 aliphatic carbocycles. The van der Waals surface area contributed by atoms with E-state index in [4.69, 9.17) is 0 Å². The minimum atomic E-state index is 0.743. The van der Waals surface area contributed by atoms with Crippen molar-refractivity contribution in [3.05, 3.63) is 53.0 Å². The van der Waals surface area contributed by atoms with Crippen LogP contribution in [-0.2, 0) is 6.54 Å². The Kier molecular flexibility index (Phi) is 3.24. The first-order valence-electron chi connectivity index (χ1n) is 5.91. The fourth-order valence-electron chi connectivity index (χ4n) is 1.76. The summed E-state index contributed by atoms with van der Waals surface area (Å²) in [5.41, 5.74) is 3.13. The van der Waals surface area contributed by atoms with Crippen molar-refractivity contribution in [2.24, 2.45) is 0 Å². The normalized spacial score (nSPS) is 10.6. The summed E-state index contributed by atoms with van der Waals surface area (Å²) in [7, 11) is 0. The van der Waals surface area contributed by atoms with Crippen molar-refractivity contribution >= 4 is 17.0 Å². The maximum absolute atomic E-state index is 4.42. The lowest BCUT2D eigenvalue weighted by Gasteiger charge is -2.06. The zero-order valence-electron chi connectivity index (χ0n) is 10.4. The lowest BCUT2D eigenvalue weighted by molar-refractivity contribution is 0.879. The number of hydrogen-bond acceptors (Lipinski definition) is 5. The Balaban J connectivity index is 1.66. The number of nitrogens with zero attached hydrogens (tertiary/aromatic N) is 4. The van der Waals surface area contributed by atoms with Gasteiger partial charge in [-0.05, 0) is 31.2 Å². The van der Waals surface area contributed by atoms with Crippen LogP contribution in [0.1, 0.15) is 10.7 Å². The summed E-state index contributed by atoms with van der Waals surface area (Å²) in [6.07, 6.45) is 3.21. The van der Waals surface area contributed by atoms with Crippen LogP contribution in [0.15, 0.2) is 42.3 Å². The number of nitrogens with one attached hydrogen (secondary N) is 1. The third-order valence-electron chi connectivity index (χ3n) is 2.69. The number of aryl methyl sites for hydroxylation is 1. The van der Waals surface area contributed by atoms with Gasteiger partial charge in [-0.3, -0.25) is 0 Å². The van der Waals surface area contributed by atoms with Crippen molar-refractivity contribution in [1.29, 1.82) is 0 Å². The number of rotatable bonds is 4. The van der Waals surface area contributed by atoms with Crippen molar-refractivity contribution in [2.45, 2.75) is 13.5 Å². The van der Waals surface area contributed by atoms with E-state index in [0.29, 0.717) is 0 Å². The second kappa shape index (κ2) is 5.19. The molecule has 96 valence electrons. The number of thiazole rings is 1. The zero-order valence-corrected chi connectivity index (χ0v) is 11.3. The van der Waals surface area contributed by atoms with E-state index < -0.39 is 0 Å². The lowest BCUT2D eigenvalue weighted by atomic mass is 10.3. The van der Waals surface area contributed by atoms with Gasteiger partial charge in [0.1, 0.15) is 12.7 Å². The smallest absolute Gasteiger partial charge is 0.138 e. The molecule has 3 rings (SSSR count). The van der Waals surface area contributed by atoms with Crippen LogP contribution in [0.3, 0.4) is 0 Å². The highest BCUT2D eigenvalue weighted by Gasteiger charge is 2.00. The van der Waals surface area contributed by atoms with Gasteiger partial charge in [-0.1, -0.05) is 0 Å². The summed E-state index contributed by atoms with van der Waals surface area (Å²) >= 11 is 1.67. The van der Waals surface area contributed by atoms with Crippen LogP contribution in [0.25, 0.3) is 5.69 Å². The first kappa shape index (κ1) is 11.9. The van der Waals surface area contributed by atoms with E-state index in [1.54, 1.807) is 22.3 Å². The highest BCUT2D eigenvalue weighted by atomic mass is 32.1. The van der Waals surface area contributed by atoms with Gasteiger partial charge in [0.25, 0.3) is 0 Å². The molecule has 0 atom stereocenters. The molecular formula is C13H13N5S. The molecule has 0 bridgehead atoms.